The molecule has 0 saturated carbocycles. The number of aryl methyl sites for hydroxylation is 4. The van der Waals surface area contributed by atoms with Crippen LogP contribution in [0.2, 0.25) is 0 Å². The minimum Gasteiger partial charge on any atom is -0.370 e. The molecule has 0 radical (unpaired) electrons. The van der Waals surface area contributed by atoms with E-state index in [2.05, 4.69) is 53.2 Å². The molecule has 0 atom stereocenters. The number of hydrogen-bond donors (Lipinski definition) is 2. The number of nitrogens with zero attached hydrogens (tertiary/aromatic N) is 2. The lowest BCUT2D eigenvalue weighted by Crippen LogP contribution is -2.14. The van der Waals surface area contributed by atoms with Crippen LogP contribution in [0.1, 0.15) is 33.5 Å². The van der Waals surface area contributed by atoms with Gasteiger partial charge in [0.05, 0.1) is 0 Å². The fourth-order valence-corrected chi connectivity index (χ4v) is 3.34. The van der Waals surface area contributed by atoms with Gasteiger partial charge in [0.25, 0.3) is 5.56 Å². The lowest BCUT2D eigenvalue weighted by molar-refractivity contribution is 0.977. The minimum absolute atomic E-state index is 0.108. The first-order chi connectivity index (χ1) is 12.8. The zero-order valence-electron chi connectivity index (χ0n) is 16.6. The number of aromatic nitrogens is 3. The maximum atomic E-state index is 11.9. The van der Waals surface area contributed by atoms with Crippen LogP contribution in [0.15, 0.2) is 35.3 Å². The van der Waals surface area contributed by atoms with Crippen molar-refractivity contribution in [2.45, 2.75) is 41.0 Å². The summed E-state index contributed by atoms with van der Waals surface area (Å²) in [4.78, 5) is 23.6. The zero-order chi connectivity index (χ0) is 19.6. The Bertz CT molecular complexity index is 996. The first-order valence-electron chi connectivity index (χ1n) is 9.19. The Morgan fingerprint density at radius 2 is 1.74 bits per heavy atom. The van der Waals surface area contributed by atoms with Crippen molar-refractivity contribution < 1.29 is 0 Å². The van der Waals surface area contributed by atoms with E-state index < -0.39 is 0 Å². The quantitative estimate of drug-likeness (QED) is 0.719. The predicted octanol–water partition coefficient (Wildman–Crippen LogP) is 4.03. The standard InChI is InChI=1S/C22H26N4O/c1-13-10-14(2)19(15(3)11-13)8-9-23-20-7-6-18(12-24-20)21-25-17(5)16(4)22(27)26-21/h6-7,10-12H,8-9H2,1-5H3,(H,23,24)(H,25,26,27). The molecule has 2 N–H and O–H groups in total. The van der Waals surface area contributed by atoms with Crippen LogP contribution >= 0.6 is 0 Å². The Labute approximate surface area is 159 Å². The van der Waals surface area contributed by atoms with Crippen LogP contribution in [0, 0.1) is 34.6 Å². The maximum Gasteiger partial charge on any atom is 0.254 e. The fourth-order valence-electron chi connectivity index (χ4n) is 3.34. The van der Waals surface area contributed by atoms with Gasteiger partial charge in [0, 0.05) is 29.6 Å². The second-order valence-corrected chi connectivity index (χ2v) is 7.11. The highest BCUT2D eigenvalue weighted by Gasteiger charge is 2.07. The summed E-state index contributed by atoms with van der Waals surface area (Å²) in [6.45, 7) is 10.9. The summed E-state index contributed by atoms with van der Waals surface area (Å²) >= 11 is 0. The Kier molecular flexibility index (Phi) is 5.40. The third kappa shape index (κ3) is 4.25. The topological polar surface area (TPSA) is 70.7 Å². The van der Waals surface area contributed by atoms with Crippen LogP contribution in [0.5, 0.6) is 0 Å². The molecule has 5 heteroatoms. The Balaban J connectivity index is 1.67. The molecule has 0 aliphatic carbocycles. The molecule has 27 heavy (non-hydrogen) atoms. The lowest BCUT2D eigenvalue weighted by atomic mass is 9.97. The molecule has 0 spiro atoms. The summed E-state index contributed by atoms with van der Waals surface area (Å²) in [5.74, 6) is 1.36. The van der Waals surface area contributed by atoms with Crippen LogP contribution in [-0.4, -0.2) is 21.5 Å². The van der Waals surface area contributed by atoms with E-state index in [0.717, 1.165) is 30.0 Å². The first-order valence-corrected chi connectivity index (χ1v) is 9.19. The van der Waals surface area contributed by atoms with Gasteiger partial charge in [0.1, 0.15) is 11.6 Å². The van der Waals surface area contributed by atoms with Gasteiger partial charge in [-0.3, -0.25) is 4.79 Å². The molecule has 3 aromatic rings. The Hall–Kier alpha value is -2.95. The van der Waals surface area contributed by atoms with Crippen LogP contribution in [-0.2, 0) is 6.42 Å². The van der Waals surface area contributed by atoms with Crippen molar-refractivity contribution in [3.05, 3.63) is 74.3 Å². The first kappa shape index (κ1) is 18.8. The summed E-state index contributed by atoms with van der Waals surface area (Å²) in [5.41, 5.74) is 7.43. The van der Waals surface area contributed by atoms with Crippen LogP contribution < -0.4 is 10.9 Å². The molecular formula is C22H26N4O. The molecule has 0 unspecified atom stereocenters. The average Bonchev–Trinajstić information content (AvgIpc) is 2.62. The zero-order valence-corrected chi connectivity index (χ0v) is 16.6. The SMILES string of the molecule is Cc1cc(C)c(CCNc2ccc(-c3nc(C)c(C)c(=O)[nH]3)cn2)c(C)c1. The summed E-state index contributed by atoms with van der Waals surface area (Å²) in [6, 6.07) is 8.30. The minimum atomic E-state index is -0.108. The molecule has 0 aliphatic heterocycles. The van der Waals surface area contributed by atoms with Gasteiger partial charge in [0.2, 0.25) is 0 Å². The molecule has 0 saturated heterocycles. The molecule has 5 nitrogen and oxygen atoms in total. The van der Waals surface area contributed by atoms with Crippen molar-refractivity contribution in [3.8, 4) is 11.4 Å². The van der Waals surface area contributed by atoms with Gasteiger partial charge in [-0.05, 0) is 69.9 Å². The van der Waals surface area contributed by atoms with E-state index in [1.807, 2.05) is 19.1 Å². The third-order valence-corrected chi connectivity index (χ3v) is 4.95. The van der Waals surface area contributed by atoms with Crippen molar-refractivity contribution in [2.75, 3.05) is 11.9 Å². The highest BCUT2D eigenvalue weighted by Crippen LogP contribution is 2.18. The van der Waals surface area contributed by atoms with Gasteiger partial charge in [-0.1, -0.05) is 17.7 Å². The van der Waals surface area contributed by atoms with E-state index in [1.54, 1.807) is 13.1 Å². The Morgan fingerprint density at radius 1 is 1.04 bits per heavy atom. The summed E-state index contributed by atoms with van der Waals surface area (Å²) in [7, 11) is 0. The number of H-pyrrole nitrogens is 1. The number of aromatic amines is 1. The van der Waals surface area contributed by atoms with Crippen LogP contribution in [0.25, 0.3) is 11.4 Å². The summed E-state index contributed by atoms with van der Waals surface area (Å²) in [6.07, 6.45) is 2.69. The Morgan fingerprint density at radius 3 is 2.33 bits per heavy atom. The third-order valence-electron chi connectivity index (χ3n) is 4.95. The van der Waals surface area contributed by atoms with E-state index in [-0.39, 0.29) is 5.56 Å². The molecule has 0 fully saturated rings. The number of rotatable bonds is 5. The van der Waals surface area contributed by atoms with Crippen LogP contribution in [0.3, 0.4) is 0 Å². The van der Waals surface area contributed by atoms with Crippen molar-refractivity contribution in [1.82, 2.24) is 15.0 Å². The van der Waals surface area contributed by atoms with Gasteiger partial charge < -0.3 is 10.3 Å². The van der Waals surface area contributed by atoms with Gasteiger partial charge in [-0.25, -0.2) is 9.97 Å². The van der Waals surface area contributed by atoms with Crippen molar-refractivity contribution in [1.29, 1.82) is 0 Å². The number of benzene rings is 1. The van der Waals surface area contributed by atoms with Crippen molar-refractivity contribution >= 4 is 5.82 Å². The molecule has 0 amide bonds. The maximum absolute atomic E-state index is 11.9. The second-order valence-electron chi connectivity index (χ2n) is 7.11. The largest absolute Gasteiger partial charge is 0.370 e. The van der Waals surface area contributed by atoms with E-state index >= 15 is 0 Å². The van der Waals surface area contributed by atoms with E-state index in [0.29, 0.717) is 11.4 Å². The smallest absolute Gasteiger partial charge is 0.254 e. The lowest BCUT2D eigenvalue weighted by Gasteiger charge is -2.12. The summed E-state index contributed by atoms with van der Waals surface area (Å²) < 4.78 is 0. The highest BCUT2D eigenvalue weighted by molar-refractivity contribution is 5.56. The molecule has 0 bridgehead atoms. The fraction of sp³-hybridized carbons (Fsp3) is 0.318. The normalized spacial score (nSPS) is 10.9. The van der Waals surface area contributed by atoms with E-state index in [4.69, 9.17) is 0 Å². The monoisotopic (exact) mass is 362 g/mol. The molecule has 140 valence electrons. The highest BCUT2D eigenvalue weighted by atomic mass is 16.1. The van der Waals surface area contributed by atoms with Gasteiger partial charge >= 0.3 is 0 Å². The van der Waals surface area contributed by atoms with E-state index in [1.165, 1.54) is 22.3 Å². The molecule has 1 aromatic carbocycles. The van der Waals surface area contributed by atoms with Gasteiger partial charge in [0.15, 0.2) is 0 Å². The molecule has 2 heterocycles. The number of pyridine rings is 1. The second kappa shape index (κ2) is 7.74. The van der Waals surface area contributed by atoms with Crippen LogP contribution in [0.4, 0.5) is 5.82 Å². The van der Waals surface area contributed by atoms with Gasteiger partial charge in [-0.15, -0.1) is 0 Å². The number of nitrogens with one attached hydrogen (secondary N) is 2. The van der Waals surface area contributed by atoms with Gasteiger partial charge in [-0.2, -0.15) is 0 Å². The molecule has 2 aromatic heterocycles. The summed E-state index contributed by atoms with van der Waals surface area (Å²) in [5, 5.41) is 3.37. The molecule has 3 rings (SSSR count). The molecular weight excluding hydrogens is 336 g/mol. The van der Waals surface area contributed by atoms with Crippen molar-refractivity contribution in [2.24, 2.45) is 0 Å². The number of hydrogen-bond acceptors (Lipinski definition) is 4. The predicted molar refractivity (Wildman–Crippen MR) is 110 cm³/mol. The molecule has 0 aliphatic rings. The number of anilines is 1. The van der Waals surface area contributed by atoms with E-state index in [9.17, 15) is 4.79 Å². The average molecular weight is 362 g/mol. The van der Waals surface area contributed by atoms with Crippen molar-refractivity contribution in [3.63, 3.8) is 0 Å².